The lowest BCUT2D eigenvalue weighted by Crippen LogP contribution is -2.20. The van der Waals surface area contributed by atoms with Crippen molar-refractivity contribution in [2.24, 2.45) is 0 Å². The number of aromatic nitrogens is 5. The Hall–Kier alpha value is -3.17. The average molecular weight is 391 g/mol. The van der Waals surface area contributed by atoms with Gasteiger partial charge >= 0.3 is 6.36 Å². The number of hydrogen-bond donors (Lipinski definition) is 1. The number of H-pyrrole nitrogens is 1. The van der Waals surface area contributed by atoms with E-state index < -0.39 is 6.36 Å². The number of nitrogens with zero attached hydrogens (tertiary/aromatic N) is 4. The molecule has 3 aromatic rings. The van der Waals surface area contributed by atoms with Gasteiger partial charge in [0.2, 0.25) is 0 Å². The van der Waals surface area contributed by atoms with Crippen molar-refractivity contribution in [2.75, 3.05) is 0 Å². The summed E-state index contributed by atoms with van der Waals surface area (Å²) in [6, 6.07) is 6.99. The number of hydrogen-bond acceptors (Lipinski definition) is 5. The van der Waals surface area contributed by atoms with Crippen LogP contribution in [0.5, 0.6) is 5.75 Å². The molecular weight excluding hydrogens is 375 g/mol. The van der Waals surface area contributed by atoms with E-state index in [0.29, 0.717) is 17.2 Å². The van der Waals surface area contributed by atoms with E-state index >= 15 is 0 Å². The lowest BCUT2D eigenvalue weighted by molar-refractivity contribution is -0.274. The van der Waals surface area contributed by atoms with Crippen LogP contribution in [0.15, 0.2) is 35.1 Å². The standard InChI is InChI=1S/C18H16F3N5O2/c1-10-22-13(9-16(27)23-10)17-15-4-2-3-14(26(15)25-24-17)11-5-7-12(8-6-11)28-18(19,20)21/h5-9,14H,2-4H2,1H3,(H,22,23,27). The van der Waals surface area contributed by atoms with Gasteiger partial charge in [0.1, 0.15) is 23.0 Å². The molecule has 28 heavy (non-hydrogen) atoms. The van der Waals surface area contributed by atoms with Gasteiger partial charge in [-0.1, -0.05) is 17.3 Å². The molecule has 1 unspecified atom stereocenters. The Bertz CT molecular complexity index is 1060. The highest BCUT2D eigenvalue weighted by Gasteiger charge is 2.31. The van der Waals surface area contributed by atoms with Crippen molar-refractivity contribution >= 4 is 0 Å². The first-order valence-corrected chi connectivity index (χ1v) is 8.68. The number of ether oxygens (including phenoxy) is 1. The number of nitrogens with one attached hydrogen (secondary N) is 1. The number of aryl methyl sites for hydroxylation is 1. The molecule has 0 bridgehead atoms. The average Bonchev–Trinajstić information content (AvgIpc) is 3.04. The molecule has 4 rings (SSSR count). The number of rotatable bonds is 3. The van der Waals surface area contributed by atoms with Crippen molar-refractivity contribution in [1.82, 2.24) is 25.0 Å². The van der Waals surface area contributed by atoms with Gasteiger partial charge in [-0.3, -0.25) is 4.79 Å². The van der Waals surface area contributed by atoms with Crippen LogP contribution in [0.3, 0.4) is 0 Å². The molecule has 1 aliphatic rings. The van der Waals surface area contributed by atoms with E-state index in [1.807, 2.05) is 0 Å². The second-order valence-electron chi connectivity index (χ2n) is 6.57. The summed E-state index contributed by atoms with van der Waals surface area (Å²) in [6.07, 6.45) is -2.37. The quantitative estimate of drug-likeness (QED) is 0.741. The van der Waals surface area contributed by atoms with E-state index in [2.05, 4.69) is 25.0 Å². The smallest absolute Gasteiger partial charge is 0.406 e. The molecular formula is C18H16F3N5O2. The number of benzene rings is 1. The van der Waals surface area contributed by atoms with Crippen molar-refractivity contribution in [2.45, 2.75) is 38.6 Å². The first kappa shape index (κ1) is 18.2. The zero-order valence-electron chi connectivity index (χ0n) is 14.8. The molecule has 0 aliphatic carbocycles. The first-order valence-electron chi connectivity index (χ1n) is 8.68. The van der Waals surface area contributed by atoms with Crippen molar-refractivity contribution in [3.63, 3.8) is 0 Å². The third kappa shape index (κ3) is 3.62. The minimum atomic E-state index is -4.72. The van der Waals surface area contributed by atoms with Crippen LogP contribution in [0.1, 0.15) is 36.0 Å². The predicted molar refractivity (Wildman–Crippen MR) is 92.8 cm³/mol. The second kappa shape index (κ2) is 6.77. The van der Waals surface area contributed by atoms with Gasteiger partial charge in [0.15, 0.2) is 0 Å². The molecule has 0 saturated heterocycles. The summed E-state index contributed by atoms with van der Waals surface area (Å²) in [4.78, 5) is 18.7. The van der Waals surface area contributed by atoms with Crippen LogP contribution in [-0.2, 0) is 6.42 Å². The maximum atomic E-state index is 12.3. The molecule has 0 saturated carbocycles. The summed E-state index contributed by atoms with van der Waals surface area (Å²) in [6.45, 7) is 1.69. The van der Waals surface area contributed by atoms with Crippen LogP contribution < -0.4 is 10.3 Å². The molecule has 1 aromatic carbocycles. The minimum absolute atomic E-state index is 0.159. The molecule has 0 spiro atoms. The molecule has 1 N–H and O–H groups in total. The molecule has 0 fully saturated rings. The number of aromatic amines is 1. The Morgan fingerprint density at radius 3 is 2.68 bits per heavy atom. The maximum absolute atomic E-state index is 12.3. The summed E-state index contributed by atoms with van der Waals surface area (Å²) in [5.74, 6) is 0.214. The first-order chi connectivity index (χ1) is 13.3. The Balaban J connectivity index is 1.67. The van der Waals surface area contributed by atoms with E-state index in [1.165, 1.54) is 18.2 Å². The molecule has 0 radical (unpaired) electrons. The number of halogens is 3. The predicted octanol–water partition coefficient (Wildman–Crippen LogP) is 3.16. The van der Waals surface area contributed by atoms with Crippen molar-refractivity contribution in [3.8, 4) is 17.1 Å². The van der Waals surface area contributed by atoms with Gasteiger partial charge in [0.25, 0.3) is 5.56 Å². The van der Waals surface area contributed by atoms with Crippen LogP contribution in [0, 0.1) is 6.92 Å². The normalized spacial score (nSPS) is 16.6. The van der Waals surface area contributed by atoms with E-state index in [1.54, 1.807) is 23.7 Å². The fourth-order valence-electron chi connectivity index (χ4n) is 3.48. The third-order valence-corrected chi connectivity index (χ3v) is 4.58. The molecule has 1 atom stereocenters. The molecule has 7 nitrogen and oxygen atoms in total. The lowest BCUT2D eigenvalue weighted by atomic mass is 9.95. The lowest BCUT2D eigenvalue weighted by Gasteiger charge is -2.24. The van der Waals surface area contributed by atoms with Crippen LogP contribution in [-0.4, -0.2) is 31.3 Å². The van der Waals surface area contributed by atoms with Crippen molar-refractivity contribution in [3.05, 3.63) is 57.8 Å². The number of fused-ring (bicyclic) bond motifs is 1. The zero-order valence-corrected chi connectivity index (χ0v) is 14.8. The van der Waals surface area contributed by atoms with Gasteiger partial charge in [-0.2, -0.15) is 0 Å². The highest BCUT2D eigenvalue weighted by atomic mass is 19.4. The second-order valence-corrected chi connectivity index (χ2v) is 6.57. The SMILES string of the molecule is Cc1nc(-c2nnn3c2CCCC3c2ccc(OC(F)(F)F)cc2)cc(=O)[nH]1. The highest BCUT2D eigenvalue weighted by Crippen LogP contribution is 2.34. The summed E-state index contributed by atoms with van der Waals surface area (Å²) >= 11 is 0. The minimum Gasteiger partial charge on any atom is -0.406 e. The van der Waals surface area contributed by atoms with Crippen LogP contribution >= 0.6 is 0 Å². The Kier molecular flexibility index (Phi) is 4.40. The van der Waals surface area contributed by atoms with Crippen molar-refractivity contribution in [1.29, 1.82) is 0 Å². The highest BCUT2D eigenvalue weighted by molar-refractivity contribution is 5.56. The molecule has 2 aromatic heterocycles. The van der Waals surface area contributed by atoms with E-state index in [4.69, 9.17) is 0 Å². The Morgan fingerprint density at radius 1 is 1.25 bits per heavy atom. The summed E-state index contributed by atoms with van der Waals surface area (Å²) in [7, 11) is 0. The maximum Gasteiger partial charge on any atom is 0.573 e. The fourth-order valence-corrected chi connectivity index (χ4v) is 3.48. The zero-order chi connectivity index (χ0) is 19.9. The van der Waals surface area contributed by atoms with E-state index in [9.17, 15) is 18.0 Å². The topological polar surface area (TPSA) is 85.7 Å². The van der Waals surface area contributed by atoms with Gasteiger partial charge in [-0.25, -0.2) is 9.67 Å². The Morgan fingerprint density at radius 2 is 2.00 bits per heavy atom. The molecule has 1 aliphatic heterocycles. The van der Waals surface area contributed by atoms with Gasteiger partial charge in [0.05, 0.1) is 11.7 Å². The molecule has 146 valence electrons. The Labute approximate surface area is 157 Å². The van der Waals surface area contributed by atoms with Crippen LogP contribution in [0.2, 0.25) is 0 Å². The summed E-state index contributed by atoms with van der Waals surface area (Å²) in [5.41, 5.74) is 2.40. The molecule has 0 amide bonds. The fraction of sp³-hybridized carbons (Fsp3) is 0.333. The van der Waals surface area contributed by atoms with Crippen LogP contribution in [0.4, 0.5) is 13.2 Å². The van der Waals surface area contributed by atoms with E-state index in [-0.39, 0.29) is 17.4 Å². The largest absolute Gasteiger partial charge is 0.573 e. The van der Waals surface area contributed by atoms with Gasteiger partial charge < -0.3 is 9.72 Å². The summed E-state index contributed by atoms with van der Waals surface area (Å²) < 4.78 is 42.7. The molecule has 3 heterocycles. The monoisotopic (exact) mass is 391 g/mol. The van der Waals surface area contributed by atoms with E-state index in [0.717, 1.165) is 30.5 Å². The third-order valence-electron chi connectivity index (χ3n) is 4.58. The van der Waals surface area contributed by atoms with Gasteiger partial charge in [-0.05, 0) is 43.9 Å². The van der Waals surface area contributed by atoms with Gasteiger partial charge in [-0.15, -0.1) is 18.3 Å². The van der Waals surface area contributed by atoms with Crippen LogP contribution in [0.25, 0.3) is 11.4 Å². The number of alkyl halides is 3. The molecule has 10 heteroatoms. The van der Waals surface area contributed by atoms with Gasteiger partial charge in [0, 0.05) is 6.07 Å². The van der Waals surface area contributed by atoms with Crippen molar-refractivity contribution < 1.29 is 17.9 Å². The summed E-state index contributed by atoms with van der Waals surface area (Å²) in [5, 5.41) is 8.45.